The van der Waals surface area contributed by atoms with E-state index >= 15 is 0 Å². The number of hydrogen-bond acceptors (Lipinski definition) is 3. The van der Waals surface area contributed by atoms with Crippen LogP contribution in [0.4, 0.5) is 5.69 Å². The molecule has 0 saturated heterocycles. The highest BCUT2D eigenvalue weighted by atomic mass is 35.5. The van der Waals surface area contributed by atoms with E-state index in [1.54, 1.807) is 19.2 Å². The summed E-state index contributed by atoms with van der Waals surface area (Å²) in [5, 5.41) is 2.72. The van der Waals surface area contributed by atoms with Gasteiger partial charge in [0.25, 0.3) is 0 Å². The van der Waals surface area contributed by atoms with Crippen LogP contribution in [-0.2, 0) is 21.4 Å². The lowest BCUT2D eigenvalue weighted by atomic mass is 10.2. The van der Waals surface area contributed by atoms with Crippen molar-refractivity contribution >= 4 is 33.2 Å². The van der Waals surface area contributed by atoms with E-state index in [4.69, 9.17) is 11.6 Å². The number of hydrogen-bond donors (Lipinski definition) is 1. The third-order valence-corrected chi connectivity index (χ3v) is 5.72. The van der Waals surface area contributed by atoms with Crippen molar-refractivity contribution in [3.63, 3.8) is 0 Å². The van der Waals surface area contributed by atoms with Gasteiger partial charge in [0.2, 0.25) is 15.9 Å². The molecule has 0 radical (unpaired) electrons. The molecule has 0 aromatic heterocycles. The van der Waals surface area contributed by atoms with E-state index < -0.39 is 10.0 Å². The molecule has 2 aromatic rings. The first kappa shape index (κ1) is 19.4. The third kappa shape index (κ3) is 5.56. The molecule has 0 heterocycles. The zero-order valence-corrected chi connectivity index (χ0v) is 15.6. The van der Waals surface area contributed by atoms with E-state index in [9.17, 15) is 13.2 Å². The zero-order valence-electron chi connectivity index (χ0n) is 14.0. The number of amides is 1. The second-order valence-corrected chi connectivity index (χ2v) is 8.03. The molecule has 0 aliphatic carbocycles. The number of halogens is 1. The van der Waals surface area contributed by atoms with Gasteiger partial charge in [0, 0.05) is 31.6 Å². The van der Waals surface area contributed by atoms with Crippen LogP contribution in [-0.4, -0.2) is 31.6 Å². The number of sulfonamides is 1. The SMILES string of the molecule is CN(Cc1ccccc1)S(=O)(=O)c1ccc(NC(=O)CCCCl)cc1. The second kappa shape index (κ2) is 8.99. The van der Waals surface area contributed by atoms with Gasteiger partial charge in [0.15, 0.2) is 0 Å². The Kier molecular flexibility index (Phi) is 6.99. The van der Waals surface area contributed by atoms with Crippen molar-refractivity contribution in [1.29, 1.82) is 0 Å². The summed E-state index contributed by atoms with van der Waals surface area (Å²) in [6.07, 6.45) is 0.938. The van der Waals surface area contributed by atoms with Gasteiger partial charge >= 0.3 is 0 Å². The van der Waals surface area contributed by atoms with Crippen LogP contribution in [0.5, 0.6) is 0 Å². The summed E-state index contributed by atoms with van der Waals surface area (Å²) in [5.74, 6) is 0.288. The topological polar surface area (TPSA) is 66.5 Å². The van der Waals surface area contributed by atoms with E-state index in [1.807, 2.05) is 30.3 Å². The fourth-order valence-electron chi connectivity index (χ4n) is 2.27. The molecule has 0 unspecified atom stereocenters. The van der Waals surface area contributed by atoms with E-state index in [-0.39, 0.29) is 10.8 Å². The summed E-state index contributed by atoms with van der Waals surface area (Å²) >= 11 is 5.56. The number of carbonyl (C=O) groups excluding carboxylic acids is 1. The molecule has 0 fully saturated rings. The minimum absolute atomic E-state index is 0.141. The monoisotopic (exact) mass is 380 g/mol. The average molecular weight is 381 g/mol. The number of anilines is 1. The van der Waals surface area contributed by atoms with Crippen LogP contribution in [0.1, 0.15) is 18.4 Å². The fraction of sp³-hybridized carbons (Fsp3) is 0.278. The highest BCUT2D eigenvalue weighted by Crippen LogP contribution is 2.19. The molecule has 2 rings (SSSR count). The van der Waals surface area contributed by atoms with Crippen molar-refractivity contribution in [2.75, 3.05) is 18.2 Å². The molecular weight excluding hydrogens is 360 g/mol. The molecule has 134 valence electrons. The molecule has 2 aromatic carbocycles. The summed E-state index contributed by atoms with van der Waals surface area (Å²) in [5.41, 5.74) is 1.47. The molecule has 0 saturated carbocycles. The second-order valence-electron chi connectivity index (χ2n) is 5.61. The Morgan fingerprint density at radius 3 is 2.32 bits per heavy atom. The average Bonchev–Trinajstić information content (AvgIpc) is 2.61. The lowest BCUT2D eigenvalue weighted by molar-refractivity contribution is -0.116. The van der Waals surface area contributed by atoms with Crippen molar-refractivity contribution in [2.24, 2.45) is 0 Å². The Balaban J connectivity index is 2.05. The summed E-state index contributed by atoms with van der Waals surface area (Å²) in [4.78, 5) is 11.9. The molecule has 1 amide bonds. The number of carbonyl (C=O) groups is 1. The van der Waals surface area contributed by atoms with E-state index in [2.05, 4.69) is 5.32 Å². The van der Waals surface area contributed by atoms with Crippen LogP contribution in [0.2, 0.25) is 0 Å². The van der Waals surface area contributed by atoms with Crippen molar-refractivity contribution in [2.45, 2.75) is 24.3 Å². The van der Waals surface area contributed by atoms with Gasteiger partial charge in [0.1, 0.15) is 0 Å². The van der Waals surface area contributed by atoms with Crippen molar-refractivity contribution in [3.05, 3.63) is 60.2 Å². The number of rotatable bonds is 8. The Labute approximate surface area is 153 Å². The van der Waals surface area contributed by atoms with Gasteiger partial charge in [-0.2, -0.15) is 4.31 Å². The van der Waals surface area contributed by atoms with Gasteiger partial charge in [-0.05, 0) is 36.2 Å². The third-order valence-electron chi connectivity index (χ3n) is 3.63. The van der Waals surface area contributed by atoms with Crippen LogP contribution in [0.15, 0.2) is 59.5 Å². The summed E-state index contributed by atoms with van der Waals surface area (Å²) < 4.78 is 26.6. The van der Waals surface area contributed by atoms with Crippen LogP contribution in [0.25, 0.3) is 0 Å². The molecule has 7 heteroatoms. The molecule has 1 N–H and O–H groups in total. The Hall–Kier alpha value is -1.89. The van der Waals surface area contributed by atoms with Crippen molar-refractivity contribution < 1.29 is 13.2 Å². The molecule has 0 spiro atoms. The quantitative estimate of drug-likeness (QED) is 0.713. The summed E-state index contributed by atoms with van der Waals surface area (Å²) in [6.45, 7) is 0.292. The predicted molar refractivity (Wildman–Crippen MR) is 100 cm³/mol. The minimum atomic E-state index is -3.59. The lowest BCUT2D eigenvalue weighted by Crippen LogP contribution is -2.26. The minimum Gasteiger partial charge on any atom is -0.326 e. The van der Waals surface area contributed by atoms with E-state index in [0.717, 1.165) is 5.56 Å². The van der Waals surface area contributed by atoms with Crippen LogP contribution in [0, 0.1) is 0 Å². The number of alkyl halides is 1. The first-order valence-corrected chi connectivity index (χ1v) is 9.87. The Bertz CT molecular complexity index is 793. The zero-order chi connectivity index (χ0) is 18.3. The molecule has 0 bridgehead atoms. The van der Waals surface area contributed by atoms with Crippen LogP contribution >= 0.6 is 11.6 Å². The summed E-state index contributed by atoms with van der Waals surface area (Å²) in [6, 6.07) is 15.6. The molecule has 0 aliphatic heterocycles. The normalized spacial score (nSPS) is 11.5. The number of nitrogens with one attached hydrogen (secondary N) is 1. The van der Waals surface area contributed by atoms with E-state index in [1.165, 1.54) is 16.4 Å². The largest absolute Gasteiger partial charge is 0.326 e. The highest BCUT2D eigenvalue weighted by Gasteiger charge is 2.20. The lowest BCUT2D eigenvalue weighted by Gasteiger charge is -2.17. The van der Waals surface area contributed by atoms with Gasteiger partial charge in [-0.15, -0.1) is 11.6 Å². The fourth-order valence-corrected chi connectivity index (χ4v) is 3.56. The first-order chi connectivity index (χ1) is 11.9. The molecule has 5 nitrogen and oxygen atoms in total. The van der Waals surface area contributed by atoms with Crippen molar-refractivity contribution in [1.82, 2.24) is 4.31 Å². The summed E-state index contributed by atoms with van der Waals surface area (Å²) in [7, 11) is -2.05. The maximum atomic E-state index is 12.6. The van der Waals surface area contributed by atoms with Gasteiger partial charge in [-0.3, -0.25) is 4.79 Å². The maximum absolute atomic E-state index is 12.6. The highest BCUT2D eigenvalue weighted by molar-refractivity contribution is 7.89. The molecule has 0 aliphatic rings. The standard InChI is InChI=1S/C18H21ClN2O3S/c1-21(14-15-6-3-2-4-7-15)25(23,24)17-11-9-16(10-12-17)20-18(22)8-5-13-19/h2-4,6-7,9-12H,5,8,13-14H2,1H3,(H,20,22). The van der Waals surface area contributed by atoms with Crippen molar-refractivity contribution in [3.8, 4) is 0 Å². The number of benzene rings is 2. The Morgan fingerprint density at radius 2 is 1.72 bits per heavy atom. The van der Waals surface area contributed by atoms with E-state index in [0.29, 0.717) is 31.0 Å². The van der Waals surface area contributed by atoms with Gasteiger partial charge in [-0.25, -0.2) is 8.42 Å². The first-order valence-electron chi connectivity index (χ1n) is 7.89. The van der Waals surface area contributed by atoms with Crippen LogP contribution < -0.4 is 5.32 Å². The van der Waals surface area contributed by atoms with Gasteiger partial charge in [0.05, 0.1) is 4.90 Å². The van der Waals surface area contributed by atoms with Crippen LogP contribution in [0.3, 0.4) is 0 Å². The molecule has 25 heavy (non-hydrogen) atoms. The molecular formula is C18H21ClN2O3S. The number of nitrogens with zero attached hydrogens (tertiary/aromatic N) is 1. The molecule has 0 atom stereocenters. The Morgan fingerprint density at radius 1 is 1.08 bits per heavy atom. The van der Waals surface area contributed by atoms with Gasteiger partial charge in [-0.1, -0.05) is 30.3 Å². The predicted octanol–water partition coefficient (Wildman–Crippen LogP) is 3.46. The smallest absolute Gasteiger partial charge is 0.243 e. The maximum Gasteiger partial charge on any atom is 0.243 e. The van der Waals surface area contributed by atoms with Gasteiger partial charge < -0.3 is 5.32 Å².